The molecule has 0 aromatic carbocycles. The van der Waals surface area contributed by atoms with Crippen LogP contribution in [0.2, 0.25) is 0 Å². The number of esters is 1. The van der Waals surface area contributed by atoms with E-state index in [1.807, 2.05) is 0 Å². The fourth-order valence-corrected chi connectivity index (χ4v) is 4.00. The third-order valence-electron chi connectivity index (χ3n) is 5.16. The lowest BCUT2D eigenvalue weighted by Gasteiger charge is -2.21. The van der Waals surface area contributed by atoms with Crippen molar-refractivity contribution >= 4 is 5.97 Å². The maximum atomic E-state index is 12.1. The van der Waals surface area contributed by atoms with E-state index >= 15 is 0 Å². The summed E-state index contributed by atoms with van der Waals surface area (Å²) in [6.07, 6.45) is 11.1. The highest BCUT2D eigenvalue weighted by atomic mass is 16.6. The van der Waals surface area contributed by atoms with Crippen LogP contribution in [0.3, 0.4) is 0 Å². The average Bonchev–Trinajstić information content (AvgIpc) is 2.84. The fourth-order valence-electron chi connectivity index (χ4n) is 4.00. The Morgan fingerprint density at radius 3 is 2.83 bits per heavy atom. The van der Waals surface area contributed by atoms with Gasteiger partial charge in [0.05, 0.1) is 24.7 Å². The fraction of sp³-hybridized carbons (Fsp3) is 0.800. The molecule has 18 heavy (non-hydrogen) atoms. The van der Waals surface area contributed by atoms with E-state index in [0.29, 0.717) is 36.6 Å². The summed E-state index contributed by atoms with van der Waals surface area (Å²) in [5.41, 5.74) is 0. The van der Waals surface area contributed by atoms with Gasteiger partial charge >= 0.3 is 5.97 Å². The summed E-state index contributed by atoms with van der Waals surface area (Å²) in [4.78, 5) is 12.1. The molecule has 0 radical (unpaired) electrons. The summed E-state index contributed by atoms with van der Waals surface area (Å²) in [7, 11) is 0. The molecule has 0 spiro atoms. The van der Waals surface area contributed by atoms with E-state index in [-0.39, 0.29) is 11.9 Å². The van der Waals surface area contributed by atoms with Gasteiger partial charge in [-0.3, -0.25) is 4.79 Å². The molecule has 3 nitrogen and oxygen atoms in total. The first-order valence-corrected chi connectivity index (χ1v) is 7.30. The summed E-state index contributed by atoms with van der Waals surface area (Å²) in [6.45, 7) is 0.614. The van der Waals surface area contributed by atoms with Gasteiger partial charge in [0.15, 0.2) is 0 Å². The smallest absolute Gasteiger partial charge is 0.309 e. The average molecular weight is 248 g/mol. The first-order chi connectivity index (χ1) is 8.79. The van der Waals surface area contributed by atoms with E-state index in [1.54, 1.807) is 0 Å². The van der Waals surface area contributed by atoms with Crippen molar-refractivity contribution in [3.8, 4) is 0 Å². The van der Waals surface area contributed by atoms with Gasteiger partial charge in [0.2, 0.25) is 0 Å². The molecule has 2 saturated carbocycles. The highest BCUT2D eigenvalue weighted by molar-refractivity contribution is 5.74. The molecule has 0 amide bonds. The second kappa shape index (κ2) is 4.09. The molecule has 1 saturated heterocycles. The summed E-state index contributed by atoms with van der Waals surface area (Å²) in [5, 5.41) is 0. The second-order valence-electron chi connectivity index (χ2n) is 6.41. The van der Waals surface area contributed by atoms with E-state index in [1.165, 1.54) is 6.42 Å². The van der Waals surface area contributed by atoms with Crippen molar-refractivity contribution in [2.45, 2.75) is 44.3 Å². The number of rotatable bonds is 3. The molecule has 6 atom stereocenters. The second-order valence-corrected chi connectivity index (χ2v) is 6.41. The predicted molar refractivity (Wildman–Crippen MR) is 65.8 cm³/mol. The van der Waals surface area contributed by atoms with Crippen LogP contribution < -0.4 is 0 Å². The summed E-state index contributed by atoms with van der Waals surface area (Å²) in [5.74, 6) is 1.83. The first kappa shape index (κ1) is 11.0. The van der Waals surface area contributed by atoms with Crippen LogP contribution in [-0.2, 0) is 14.3 Å². The van der Waals surface area contributed by atoms with Gasteiger partial charge in [-0.15, -0.1) is 0 Å². The molecule has 1 heterocycles. The monoisotopic (exact) mass is 248 g/mol. The van der Waals surface area contributed by atoms with Gasteiger partial charge in [-0.05, 0) is 49.9 Å². The van der Waals surface area contributed by atoms with Gasteiger partial charge in [-0.2, -0.15) is 0 Å². The predicted octanol–water partition coefficient (Wildman–Crippen LogP) is 2.31. The van der Waals surface area contributed by atoms with Crippen LogP contribution >= 0.6 is 0 Å². The van der Waals surface area contributed by atoms with Crippen molar-refractivity contribution in [3.63, 3.8) is 0 Å². The van der Waals surface area contributed by atoms with Crippen LogP contribution in [0, 0.1) is 23.7 Å². The van der Waals surface area contributed by atoms with Crippen molar-refractivity contribution in [3.05, 3.63) is 12.2 Å². The highest BCUT2D eigenvalue weighted by Crippen LogP contribution is 2.44. The molecule has 98 valence electrons. The topological polar surface area (TPSA) is 38.8 Å². The van der Waals surface area contributed by atoms with Gasteiger partial charge in [0, 0.05) is 0 Å². The molecule has 2 bridgehead atoms. The number of epoxide rings is 1. The van der Waals surface area contributed by atoms with E-state index in [2.05, 4.69) is 12.2 Å². The summed E-state index contributed by atoms with van der Waals surface area (Å²) < 4.78 is 11.1. The third-order valence-corrected chi connectivity index (χ3v) is 5.16. The van der Waals surface area contributed by atoms with E-state index in [4.69, 9.17) is 9.47 Å². The third kappa shape index (κ3) is 1.89. The Kier molecular flexibility index (Phi) is 2.51. The standard InChI is InChI=1S/C15H20O3/c16-15(12-6-9-1-3-11(12)5-9)17-8-10-2-4-13-14(7-10)18-13/h1,3,9-14H,2,4-8H2. The zero-order valence-electron chi connectivity index (χ0n) is 10.6. The maximum absolute atomic E-state index is 12.1. The van der Waals surface area contributed by atoms with Crippen molar-refractivity contribution in [1.29, 1.82) is 0 Å². The molecule has 3 heteroatoms. The minimum absolute atomic E-state index is 0.0469. The summed E-state index contributed by atoms with van der Waals surface area (Å²) >= 11 is 0. The SMILES string of the molecule is O=C(OCC1CCC2OC2C1)C1CC2C=CC1C2. The molecule has 0 aromatic heterocycles. The van der Waals surface area contributed by atoms with Crippen LogP contribution in [0.15, 0.2) is 12.2 Å². The minimum atomic E-state index is 0.0469. The minimum Gasteiger partial charge on any atom is -0.465 e. The lowest BCUT2D eigenvalue weighted by molar-refractivity contribution is -0.151. The van der Waals surface area contributed by atoms with Gasteiger partial charge < -0.3 is 9.47 Å². The molecule has 0 aromatic rings. The normalized spacial score (nSPS) is 48.0. The number of carbonyl (C=O) groups excluding carboxylic acids is 1. The molecule has 3 aliphatic carbocycles. The van der Waals surface area contributed by atoms with Gasteiger partial charge in [0.25, 0.3) is 0 Å². The molecule has 4 rings (SSSR count). The van der Waals surface area contributed by atoms with Gasteiger partial charge in [-0.1, -0.05) is 12.2 Å². The molecule has 0 N–H and O–H groups in total. The van der Waals surface area contributed by atoms with Crippen molar-refractivity contribution in [2.24, 2.45) is 23.7 Å². The van der Waals surface area contributed by atoms with E-state index in [0.717, 1.165) is 25.7 Å². The molecule has 6 unspecified atom stereocenters. The quantitative estimate of drug-likeness (QED) is 0.437. The first-order valence-electron chi connectivity index (χ1n) is 7.30. The number of carbonyl (C=O) groups is 1. The van der Waals surface area contributed by atoms with Gasteiger partial charge in [-0.25, -0.2) is 0 Å². The zero-order chi connectivity index (χ0) is 12.1. The number of allylic oxidation sites excluding steroid dienone is 2. The molecule has 3 fully saturated rings. The van der Waals surface area contributed by atoms with Crippen LogP contribution in [-0.4, -0.2) is 24.8 Å². The molecule has 1 aliphatic heterocycles. The van der Waals surface area contributed by atoms with Crippen LogP contribution in [0.25, 0.3) is 0 Å². The Hall–Kier alpha value is -0.830. The Morgan fingerprint density at radius 2 is 2.11 bits per heavy atom. The Morgan fingerprint density at radius 1 is 1.17 bits per heavy atom. The summed E-state index contributed by atoms with van der Waals surface area (Å²) in [6, 6.07) is 0. The van der Waals surface area contributed by atoms with Crippen molar-refractivity contribution < 1.29 is 14.3 Å². The maximum Gasteiger partial charge on any atom is 0.309 e. The van der Waals surface area contributed by atoms with Crippen LogP contribution in [0.5, 0.6) is 0 Å². The largest absolute Gasteiger partial charge is 0.465 e. The van der Waals surface area contributed by atoms with Crippen molar-refractivity contribution in [2.75, 3.05) is 6.61 Å². The lowest BCUT2D eigenvalue weighted by Crippen LogP contribution is -2.26. The van der Waals surface area contributed by atoms with E-state index < -0.39 is 0 Å². The van der Waals surface area contributed by atoms with Gasteiger partial charge in [0.1, 0.15) is 0 Å². The number of ether oxygens (including phenoxy) is 2. The number of hydrogen-bond donors (Lipinski definition) is 0. The molecular weight excluding hydrogens is 228 g/mol. The number of hydrogen-bond acceptors (Lipinski definition) is 3. The highest BCUT2D eigenvalue weighted by Gasteiger charge is 2.45. The van der Waals surface area contributed by atoms with E-state index in [9.17, 15) is 4.79 Å². The Labute approximate surface area is 108 Å². The number of fused-ring (bicyclic) bond motifs is 3. The molecule has 4 aliphatic rings. The zero-order valence-corrected chi connectivity index (χ0v) is 10.6. The van der Waals surface area contributed by atoms with Crippen LogP contribution in [0.1, 0.15) is 32.1 Å². The van der Waals surface area contributed by atoms with Crippen molar-refractivity contribution in [1.82, 2.24) is 0 Å². The Balaban J connectivity index is 1.27. The van der Waals surface area contributed by atoms with Crippen LogP contribution in [0.4, 0.5) is 0 Å². The Bertz CT molecular complexity index is 389. The molecular formula is C15H20O3. The lowest BCUT2D eigenvalue weighted by atomic mass is 9.90.